The van der Waals surface area contributed by atoms with Crippen molar-refractivity contribution < 1.29 is 38.5 Å². The molecule has 0 aromatic carbocycles. The summed E-state index contributed by atoms with van der Waals surface area (Å²) in [7, 11) is 2.98. The number of methoxy groups -OCH3 is 3. The van der Waals surface area contributed by atoms with Gasteiger partial charge in [-0.3, -0.25) is 14.4 Å². The number of hydrogen-bond acceptors (Lipinski definition) is 9. The highest BCUT2D eigenvalue weighted by molar-refractivity contribution is 7.12. The second-order valence-electron chi connectivity index (χ2n) is 4.47. The minimum Gasteiger partial charge on any atom is -0.469 e. The van der Waals surface area contributed by atoms with Crippen LogP contribution < -0.4 is 0 Å². The lowest BCUT2D eigenvalue weighted by Gasteiger charge is -2.29. The first-order chi connectivity index (χ1) is 10.8. The van der Waals surface area contributed by atoms with Crippen LogP contribution in [-0.2, 0) is 28.6 Å². The maximum Gasteiger partial charge on any atom is 0.339 e. The van der Waals surface area contributed by atoms with Crippen molar-refractivity contribution in [3.63, 3.8) is 0 Å². The van der Waals surface area contributed by atoms with Gasteiger partial charge < -0.3 is 19.3 Å². The van der Waals surface area contributed by atoms with Crippen LogP contribution >= 0.6 is 11.3 Å². The van der Waals surface area contributed by atoms with Crippen molar-refractivity contribution in [2.45, 2.75) is 12.0 Å². The molecule has 0 spiro atoms. The Balaban J connectivity index is 3.38. The van der Waals surface area contributed by atoms with Crippen molar-refractivity contribution in [3.05, 3.63) is 22.4 Å². The summed E-state index contributed by atoms with van der Waals surface area (Å²) in [6, 6.07) is 2.97. The zero-order valence-electron chi connectivity index (χ0n) is 12.7. The number of ether oxygens (including phenoxy) is 3. The molecule has 0 aliphatic carbocycles. The molecule has 1 N–H and O–H groups in total. The van der Waals surface area contributed by atoms with E-state index < -0.39 is 41.6 Å². The highest BCUT2D eigenvalue weighted by atomic mass is 32.1. The van der Waals surface area contributed by atoms with E-state index in [0.717, 1.165) is 32.7 Å². The molecular formula is C14H16O8S. The molecular weight excluding hydrogens is 328 g/mol. The van der Waals surface area contributed by atoms with Gasteiger partial charge in [0, 0.05) is 0 Å². The zero-order valence-corrected chi connectivity index (χ0v) is 13.5. The van der Waals surface area contributed by atoms with E-state index in [2.05, 4.69) is 14.2 Å². The summed E-state index contributed by atoms with van der Waals surface area (Å²) in [5.41, 5.74) is -2.74. The smallest absolute Gasteiger partial charge is 0.339 e. The number of aliphatic hydroxyl groups is 1. The lowest BCUT2D eigenvalue weighted by Crippen LogP contribution is -2.54. The summed E-state index contributed by atoms with van der Waals surface area (Å²) in [5, 5.41) is 12.2. The van der Waals surface area contributed by atoms with Crippen molar-refractivity contribution in [2.75, 3.05) is 21.3 Å². The van der Waals surface area contributed by atoms with Crippen LogP contribution in [0.3, 0.4) is 0 Å². The molecule has 0 saturated carbocycles. The summed E-state index contributed by atoms with van der Waals surface area (Å²) in [6.07, 6.45) is -0.937. The SMILES string of the molecule is COC(=O)CC(O)(C(=O)OC)C(C(=O)OC)C(=O)c1cccs1. The third-order valence-electron chi connectivity index (χ3n) is 3.12. The van der Waals surface area contributed by atoms with Crippen LogP contribution in [0, 0.1) is 5.92 Å². The number of carbonyl (C=O) groups is 4. The third-order valence-corrected chi connectivity index (χ3v) is 4.01. The number of esters is 3. The summed E-state index contributed by atoms with van der Waals surface area (Å²) in [5.74, 6) is -6.30. The van der Waals surface area contributed by atoms with Gasteiger partial charge in [-0.1, -0.05) is 6.07 Å². The van der Waals surface area contributed by atoms with Gasteiger partial charge in [-0.15, -0.1) is 11.3 Å². The average molecular weight is 344 g/mol. The van der Waals surface area contributed by atoms with Gasteiger partial charge in [0.2, 0.25) is 0 Å². The first-order valence-electron chi connectivity index (χ1n) is 6.35. The van der Waals surface area contributed by atoms with Crippen LogP contribution in [0.15, 0.2) is 17.5 Å². The number of hydrogen-bond donors (Lipinski definition) is 1. The maximum absolute atomic E-state index is 12.5. The van der Waals surface area contributed by atoms with Gasteiger partial charge >= 0.3 is 17.9 Å². The normalized spacial score (nSPS) is 14.3. The van der Waals surface area contributed by atoms with Gasteiger partial charge in [-0.25, -0.2) is 4.79 Å². The molecule has 126 valence electrons. The van der Waals surface area contributed by atoms with Gasteiger partial charge in [0.25, 0.3) is 0 Å². The van der Waals surface area contributed by atoms with E-state index >= 15 is 0 Å². The Hall–Kier alpha value is -2.26. The number of carbonyl (C=O) groups excluding carboxylic acids is 4. The minimum absolute atomic E-state index is 0.118. The molecule has 0 saturated heterocycles. The maximum atomic E-state index is 12.5. The summed E-state index contributed by atoms with van der Waals surface area (Å²) >= 11 is 1.01. The standard InChI is InChI=1S/C14H16O8S/c1-20-9(15)7-14(19,13(18)22-3)10(12(17)21-2)11(16)8-5-4-6-23-8/h4-6,10,19H,7H2,1-3H3. The van der Waals surface area contributed by atoms with Gasteiger partial charge in [-0.2, -0.15) is 0 Å². The van der Waals surface area contributed by atoms with Crippen molar-refractivity contribution in [1.29, 1.82) is 0 Å². The number of ketones is 1. The Kier molecular flexibility index (Phi) is 6.40. The minimum atomic E-state index is -2.74. The number of Topliss-reactive ketones (excluding diaryl/α,β-unsaturated/α-hetero) is 1. The van der Waals surface area contributed by atoms with Gasteiger partial charge in [-0.05, 0) is 11.4 Å². The molecule has 9 heteroatoms. The van der Waals surface area contributed by atoms with E-state index in [0.29, 0.717) is 0 Å². The lowest BCUT2D eigenvalue weighted by atomic mass is 9.81. The zero-order chi connectivity index (χ0) is 17.6. The van der Waals surface area contributed by atoms with Gasteiger partial charge in [0.05, 0.1) is 32.6 Å². The molecule has 23 heavy (non-hydrogen) atoms. The number of thiophene rings is 1. The van der Waals surface area contributed by atoms with Crippen LogP contribution in [-0.4, -0.2) is 55.7 Å². The van der Waals surface area contributed by atoms with Crippen molar-refractivity contribution in [1.82, 2.24) is 0 Å². The van der Waals surface area contributed by atoms with E-state index in [1.165, 1.54) is 6.07 Å². The molecule has 8 nitrogen and oxygen atoms in total. The molecule has 1 heterocycles. The van der Waals surface area contributed by atoms with Crippen LogP contribution in [0.4, 0.5) is 0 Å². The fourth-order valence-electron chi connectivity index (χ4n) is 1.96. The fraction of sp³-hybridized carbons (Fsp3) is 0.429. The second-order valence-corrected chi connectivity index (χ2v) is 5.41. The largest absolute Gasteiger partial charge is 0.469 e. The highest BCUT2D eigenvalue weighted by Crippen LogP contribution is 2.30. The van der Waals surface area contributed by atoms with Gasteiger partial charge in [0.1, 0.15) is 0 Å². The molecule has 2 unspecified atom stereocenters. The van der Waals surface area contributed by atoms with Crippen molar-refractivity contribution in [3.8, 4) is 0 Å². The summed E-state index contributed by atoms with van der Waals surface area (Å²) in [4.78, 5) is 48.2. The molecule has 0 fully saturated rings. The predicted octanol–water partition coefficient (Wildman–Crippen LogP) is 0.187. The van der Waals surface area contributed by atoms with E-state index in [-0.39, 0.29) is 4.88 Å². The molecule has 2 atom stereocenters. The molecule has 1 rings (SSSR count). The van der Waals surface area contributed by atoms with E-state index in [1.807, 2.05) is 0 Å². The van der Waals surface area contributed by atoms with E-state index in [9.17, 15) is 24.3 Å². The van der Waals surface area contributed by atoms with E-state index in [1.54, 1.807) is 11.4 Å². The Morgan fingerprint density at radius 1 is 1.17 bits per heavy atom. The first-order valence-corrected chi connectivity index (χ1v) is 7.23. The van der Waals surface area contributed by atoms with Crippen molar-refractivity contribution in [2.24, 2.45) is 5.92 Å². The fourth-order valence-corrected chi connectivity index (χ4v) is 2.65. The Labute approximate surface area is 136 Å². The molecule has 1 aromatic rings. The molecule has 0 bridgehead atoms. The highest BCUT2D eigenvalue weighted by Gasteiger charge is 2.55. The molecule has 0 aliphatic heterocycles. The van der Waals surface area contributed by atoms with Crippen LogP contribution in [0.2, 0.25) is 0 Å². The molecule has 0 amide bonds. The Bertz CT molecular complexity index is 594. The van der Waals surface area contributed by atoms with Crippen LogP contribution in [0.25, 0.3) is 0 Å². The molecule has 0 radical (unpaired) electrons. The van der Waals surface area contributed by atoms with Crippen molar-refractivity contribution >= 4 is 35.0 Å². The predicted molar refractivity (Wildman–Crippen MR) is 77.8 cm³/mol. The first kappa shape index (κ1) is 18.8. The monoisotopic (exact) mass is 344 g/mol. The Morgan fingerprint density at radius 3 is 2.26 bits per heavy atom. The lowest BCUT2D eigenvalue weighted by molar-refractivity contribution is -0.179. The Morgan fingerprint density at radius 2 is 1.83 bits per heavy atom. The number of rotatable bonds is 7. The van der Waals surface area contributed by atoms with Crippen LogP contribution in [0.1, 0.15) is 16.1 Å². The van der Waals surface area contributed by atoms with E-state index in [4.69, 9.17) is 0 Å². The summed E-state index contributed by atoms with van der Waals surface area (Å²) in [6.45, 7) is 0. The quantitative estimate of drug-likeness (QED) is 0.322. The topological polar surface area (TPSA) is 116 Å². The summed E-state index contributed by atoms with van der Waals surface area (Å²) < 4.78 is 13.4. The molecule has 1 aromatic heterocycles. The second kappa shape index (κ2) is 7.84. The van der Waals surface area contributed by atoms with Crippen LogP contribution in [0.5, 0.6) is 0 Å². The third kappa shape index (κ3) is 3.93. The van der Waals surface area contributed by atoms with Gasteiger partial charge in [0.15, 0.2) is 17.3 Å². The molecule has 0 aliphatic rings. The average Bonchev–Trinajstić information content (AvgIpc) is 3.07.